The normalized spacial score (nSPS) is 10.1. The van der Waals surface area contributed by atoms with Crippen LogP contribution in [0.15, 0.2) is 35.3 Å². The molecule has 1 aromatic rings. The standard InChI is InChI=1S/C13H17BrN2O2/c1-2-3-7-18-8-6-16-13(17)10-4-5-12(15)11(14)9-10/h2,4-5,9H,1,3,6-8,15H2,(H,16,17). The summed E-state index contributed by atoms with van der Waals surface area (Å²) in [6.45, 7) is 5.21. The molecule has 3 N–H and O–H groups in total. The van der Waals surface area contributed by atoms with Crippen LogP contribution in [0.25, 0.3) is 0 Å². The lowest BCUT2D eigenvalue weighted by molar-refractivity contribution is 0.0918. The van der Waals surface area contributed by atoms with E-state index in [4.69, 9.17) is 10.5 Å². The third kappa shape index (κ3) is 4.89. The van der Waals surface area contributed by atoms with Gasteiger partial charge in [0.15, 0.2) is 0 Å². The molecule has 4 nitrogen and oxygen atoms in total. The number of nitrogens with two attached hydrogens (primary N) is 1. The van der Waals surface area contributed by atoms with Crippen molar-refractivity contribution in [2.24, 2.45) is 0 Å². The summed E-state index contributed by atoms with van der Waals surface area (Å²) < 4.78 is 6.01. The van der Waals surface area contributed by atoms with Gasteiger partial charge in [0.2, 0.25) is 0 Å². The smallest absolute Gasteiger partial charge is 0.251 e. The van der Waals surface area contributed by atoms with Crippen LogP contribution in [-0.2, 0) is 4.74 Å². The van der Waals surface area contributed by atoms with E-state index in [2.05, 4.69) is 27.8 Å². The van der Waals surface area contributed by atoms with E-state index in [1.54, 1.807) is 24.3 Å². The number of carbonyl (C=O) groups excluding carboxylic acids is 1. The van der Waals surface area contributed by atoms with Crippen molar-refractivity contribution in [2.75, 3.05) is 25.5 Å². The Morgan fingerprint density at radius 1 is 1.50 bits per heavy atom. The number of ether oxygens (including phenoxy) is 1. The lowest BCUT2D eigenvalue weighted by Crippen LogP contribution is -2.27. The van der Waals surface area contributed by atoms with Crippen molar-refractivity contribution >= 4 is 27.5 Å². The molecule has 1 aromatic carbocycles. The molecular formula is C13H17BrN2O2. The number of hydrogen-bond acceptors (Lipinski definition) is 3. The highest BCUT2D eigenvalue weighted by Crippen LogP contribution is 2.20. The quantitative estimate of drug-likeness (QED) is 0.461. The maximum Gasteiger partial charge on any atom is 0.251 e. The van der Waals surface area contributed by atoms with Gasteiger partial charge in [0.05, 0.1) is 13.2 Å². The van der Waals surface area contributed by atoms with Gasteiger partial charge in [0.25, 0.3) is 5.91 Å². The molecule has 0 unspecified atom stereocenters. The number of halogens is 1. The summed E-state index contributed by atoms with van der Waals surface area (Å²) >= 11 is 3.29. The number of amides is 1. The first-order valence-electron chi connectivity index (χ1n) is 5.67. The van der Waals surface area contributed by atoms with Crippen LogP contribution >= 0.6 is 15.9 Å². The summed E-state index contributed by atoms with van der Waals surface area (Å²) in [4.78, 5) is 11.8. The van der Waals surface area contributed by atoms with Crippen molar-refractivity contribution in [1.29, 1.82) is 0 Å². The summed E-state index contributed by atoms with van der Waals surface area (Å²) in [5.41, 5.74) is 6.83. The predicted molar refractivity (Wildman–Crippen MR) is 76.5 cm³/mol. The molecular weight excluding hydrogens is 296 g/mol. The van der Waals surface area contributed by atoms with E-state index in [9.17, 15) is 4.79 Å². The molecule has 0 heterocycles. The molecule has 0 aromatic heterocycles. The SMILES string of the molecule is C=CCCOCCNC(=O)c1ccc(N)c(Br)c1. The van der Waals surface area contributed by atoms with Gasteiger partial charge in [-0.3, -0.25) is 4.79 Å². The number of nitrogen functional groups attached to an aromatic ring is 1. The average molecular weight is 313 g/mol. The number of benzene rings is 1. The Hall–Kier alpha value is -1.33. The topological polar surface area (TPSA) is 64.3 Å². The third-order valence-electron chi connectivity index (χ3n) is 2.26. The Bertz CT molecular complexity index is 421. The number of carbonyl (C=O) groups is 1. The predicted octanol–water partition coefficient (Wildman–Crippen LogP) is 2.35. The Morgan fingerprint density at radius 3 is 2.94 bits per heavy atom. The van der Waals surface area contributed by atoms with Gasteiger partial charge in [-0.2, -0.15) is 0 Å². The van der Waals surface area contributed by atoms with E-state index in [0.717, 1.165) is 10.9 Å². The molecule has 18 heavy (non-hydrogen) atoms. The fourth-order valence-corrected chi connectivity index (χ4v) is 1.65. The van der Waals surface area contributed by atoms with Crippen LogP contribution in [0.1, 0.15) is 16.8 Å². The zero-order valence-corrected chi connectivity index (χ0v) is 11.7. The molecule has 1 amide bonds. The molecule has 1 rings (SSSR count). The number of nitrogens with one attached hydrogen (secondary N) is 1. The molecule has 0 aliphatic rings. The fourth-order valence-electron chi connectivity index (χ4n) is 1.28. The average Bonchev–Trinajstić information content (AvgIpc) is 2.36. The minimum absolute atomic E-state index is 0.136. The van der Waals surface area contributed by atoms with Gasteiger partial charge in [-0.1, -0.05) is 6.08 Å². The van der Waals surface area contributed by atoms with Crippen molar-refractivity contribution in [3.63, 3.8) is 0 Å². The van der Waals surface area contributed by atoms with Crippen LogP contribution < -0.4 is 11.1 Å². The summed E-state index contributed by atoms with van der Waals surface area (Å²) in [5, 5.41) is 2.77. The molecule has 0 fully saturated rings. The van der Waals surface area contributed by atoms with Crippen LogP contribution in [0, 0.1) is 0 Å². The summed E-state index contributed by atoms with van der Waals surface area (Å²) in [6.07, 6.45) is 2.61. The summed E-state index contributed by atoms with van der Waals surface area (Å²) in [7, 11) is 0. The summed E-state index contributed by atoms with van der Waals surface area (Å²) in [6, 6.07) is 5.08. The maximum atomic E-state index is 11.8. The van der Waals surface area contributed by atoms with Gasteiger partial charge in [-0.05, 0) is 40.5 Å². The number of rotatable bonds is 7. The molecule has 0 aliphatic heterocycles. The highest BCUT2D eigenvalue weighted by Gasteiger charge is 2.06. The zero-order valence-electron chi connectivity index (χ0n) is 10.1. The molecule has 0 bridgehead atoms. The first kappa shape index (κ1) is 14.7. The highest BCUT2D eigenvalue weighted by atomic mass is 79.9. The fraction of sp³-hybridized carbons (Fsp3) is 0.308. The molecule has 0 atom stereocenters. The monoisotopic (exact) mass is 312 g/mol. The van der Waals surface area contributed by atoms with E-state index in [0.29, 0.717) is 31.0 Å². The largest absolute Gasteiger partial charge is 0.398 e. The minimum Gasteiger partial charge on any atom is -0.398 e. The molecule has 0 radical (unpaired) electrons. The minimum atomic E-state index is -0.136. The second kappa shape index (κ2) is 7.89. The van der Waals surface area contributed by atoms with Crippen molar-refractivity contribution in [2.45, 2.75) is 6.42 Å². The Balaban J connectivity index is 2.32. The van der Waals surface area contributed by atoms with Gasteiger partial charge in [0.1, 0.15) is 0 Å². The van der Waals surface area contributed by atoms with Crippen LogP contribution in [-0.4, -0.2) is 25.7 Å². The highest BCUT2D eigenvalue weighted by molar-refractivity contribution is 9.10. The summed E-state index contributed by atoms with van der Waals surface area (Å²) in [5.74, 6) is -0.136. The lowest BCUT2D eigenvalue weighted by Gasteiger charge is -2.07. The van der Waals surface area contributed by atoms with Gasteiger partial charge in [-0.15, -0.1) is 6.58 Å². The molecule has 0 aliphatic carbocycles. The van der Waals surface area contributed by atoms with E-state index >= 15 is 0 Å². The third-order valence-corrected chi connectivity index (χ3v) is 2.95. The van der Waals surface area contributed by atoms with E-state index in [1.807, 2.05) is 0 Å². The van der Waals surface area contributed by atoms with Crippen LogP contribution in [0.3, 0.4) is 0 Å². The van der Waals surface area contributed by atoms with E-state index in [1.165, 1.54) is 0 Å². The van der Waals surface area contributed by atoms with E-state index < -0.39 is 0 Å². The Labute approximate surface area is 115 Å². The van der Waals surface area contributed by atoms with Crippen LogP contribution in [0.2, 0.25) is 0 Å². The molecule has 0 spiro atoms. The Morgan fingerprint density at radius 2 is 2.28 bits per heavy atom. The van der Waals surface area contributed by atoms with Crippen LogP contribution in [0.5, 0.6) is 0 Å². The van der Waals surface area contributed by atoms with Crippen molar-refractivity contribution in [1.82, 2.24) is 5.32 Å². The molecule has 98 valence electrons. The van der Waals surface area contributed by atoms with E-state index in [-0.39, 0.29) is 5.91 Å². The second-order valence-corrected chi connectivity index (χ2v) is 4.54. The second-order valence-electron chi connectivity index (χ2n) is 3.68. The van der Waals surface area contributed by atoms with Gasteiger partial charge >= 0.3 is 0 Å². The zero-order chi connectivity index (χ0) is 13.4. The first-order chi connectivity index (χ1) is 8.65. The van der Waals surface area contributed by atoms with Crippen molar-refractivity contribution < 1.29 is 9.53 Å². The lowest BCUT2D eigenvalue weighted by atomic mass is 10.2. The molecule has 0 saturated carbocycles. The van der Waals surface area contributed by atoms with Crippen LogP contribution in [0.4, 0.5) is 5.69 Å². The van der Waals surface area contributed by atoms with Gasteiger partial charge in [-0.25, -0.2) is 0 Å². The van der Waals surface area contributed by atoms with Gasteiger partial charge < -0.3 is 15.8 Å². The van der Waals surface area contributed by atoms with Crippen molar-refractivity contribution in [3.05, 3.63) is 40.9 Å². The Kier molecular flexibility index (Phi) is 6.46. The number of hydrogen-bond donors (Lipinski definition) is 2. The molecule has 0 saturated heterocycles. The van der Waals surface area contributed by atoms with Gasteiger partial charge in [0, 0.05) is 22.3 Å². The van der Waals surface area contributed by atoms with Crippen molar-refractivity contribution in [3.8, 4) is 0 Å². The number of anilines is 1. The molecule has 5 heteroatoms. The first-order valence-corrected chi connectivity index (χ1v) is 6.46. The maximum absolute atomic E-state index is 11.8.